The van der Waals surface area contributed by atoms with Gasteiger partial charge >= 0.3 is 0 Å². The smallest absolute Gasteiger partial charge is 0.134 e. The van der Waals surface area contributed by atoms with Gasteiger partial charge in [-0.25, -0.2) is 9.97 Å². The van der Waals surface area contributed by atoms with Crippen molar-refractivity contribution in [2.24, 2.45) is 0 Å². The Morgan fingerprint density at radius 3 is 2.84 bits per heavy atom. The van der Waals surface area contributed by atoms with Gasteiger partial charge in [-0.2, -0.15) is 5.10 Å². The average molecular weight is 258 g/mol. The Balaban J connectivity index is 1.66. The van der Waals surface area contributed by atoms with Gasteiger partial charge in [-0.05, 0) is 24.3 Å². The standard InChI is InChI=1S/C13H18N6/c1-14-12-6-13(16-9-15-12)19-4-2-10(3-5-19)11-7-17-18-8-11/h6-10H,2-5H2,1H3,(H,17,18)(H,14,15,16). The van der Waals surface area contributed by atoms with Gasteiger partial charge in [0.25, 0.3) is 0 Å². The fraction of sp³-hybridized carbons (Fsp3) is 0.462. The van der Waals surface area contributed by atoms with Crippen LogP contribution in [0.5, 0.6) is 0 Å². The molecule has 0 aliphatic carbocycles. The highest BCUT2D eigenvalue weighted by Gasteiger charge is 2.22. The van der Waals surface area contributed by atoms with Crippen LogP contribution in [0, 0.1) is 0 Å². The summed E-state index contributed by atoms with van der Waals surface area (Å²) >= 11 is 0. The van der Waals surface area contributed by atoms with E-state index in [2.05, 4.69) is 30.4 Å². The first kappa shape index (κ1) is 12.0. The zero-order valence-corrected chi connectivity index (χ0v) is 11.0. The van der Waals surface area contributed by atoms with Crippen molar-refractivity contribution in [3.05, 3.63) is 30.4 Å². The Hall–Kier alpha value is -2.11. The van der Waals surface area contributed by atoms with Gasteiger partial charge in [0.05, 0.1) is 6.20 Å². The minimum atomic E-state index is 0.612. The van der Waals surface area contributed by atoms with Crippen LogP contribution in [-0.4, -0.2) is 40.3 Å². The average Bonchev–Trinajstić information content (AvgIpc) is 3.02. The van der Waals surface area contributed by atoms with E-state index >= 15 is 0 Å². The first-order valence-corrected chi connectivity index (χ1v) is 6.60. The third-order valence-electron chi connectivity index (χ3n) is 3.72. The van der Waals surface area contributed by atoms with E-state index in [0.29, 0.717) is 5.92 Å². The van der Waals surface area contributed by atoms with Gasteiger partial charge in [-0.1, -0.05) is 0 Å². The molecule has 2 aromatic rings. The molecule has 1 aliphatic rings. The molecule has 3 heterocycles. The molecule has 1 aliphatic heterocycles. The van der Waals surface area contributed by atoms with E-state index in [1.165, 1.54) is 5.56 Å². The quantitative estimate of drug-likeness (QED) is 0.875. The number of rotatable bonds is 3. The molecule has 0 unspecified atom stereocenters. The van der Waals surface area contributed by atoms with Crippen LogP contribution in [0.4, 0.5) is 11.6 Å². The van der Waals surface area contributed by atoms with Crippen molar-refractivity contribution in [2.75, 3.05) is 30.4 Å². The Morgan fingerprint density at radius 2 is 2.16 bits per heavy atom. The largest absolute Gasteiger partial charge is 0.373 e. The molecule has 0 amide bonds. The fourth-order valence-corrected chi connectivity index (χ4v) is 2.58. The second-order valence-corrected chi connectivity index (χ2v) is 4.80. The van der Waals surface area contributed by atoms with Crippen LogP contribution in [0.3, 0.4) is 0 Å². The van der Waals surface area contributed by atoms with E-state index in [0.717, 1.165) is 37.6 Å². The number of hydrogen-bond acceptors (Lipinski definition) is 5. The third-order valence-corrected chi connectivity index (χ3v) is 3.72. The monoisotopic (exact) mass is 258 g/mol. The van der Waals surface area contributed by atoms with Gasteiger partial charge in [0, 0.05) is 32.4 Å². The molecule has 3 rings (SSSR count). The van der Waals surface area contributed by atoms with E-state index in [-0.39, 0.29) is 0 Å². The number of nitrogens with one attached hydrogen (secondary N) is 2. The van der Waals surface area contributed by atoms with Crippen molar-refractivity contribution in [2.45, 2.75) is 18.8 Å². The number of aromatic nitrogens is 4. The first-order chi connectivity index (χ1) is 9.36. The molecule has 2 aromatic heterocycles. The number of aromatic amines is 1. The highest BCUT2D eigenvalue weighted by Crippen LogP contribution is 2.29. The van der Waals surface area contributed by atoms with E-state index in [1.54, 1.807) is 6.33 Å². The Kier molecular flexibility index (Phi) is 3.31. The topological polar surface area (TPSA) is 69.7 Å². The van der Waals surface area contributed by atoms with E-state index in [4.69, 9.17) is 0 Å². The second-order valence-electron chi connectivity index (χ2n) is 4.80. The van der Waals surface area contributed by atoms with Crippen molar-refractivity contribution < 1.29 is 0 Å². The predicted molar refractivity (Wildman–Crippen MR) is 74.4 cm³/mol. The highest BCUT2D eigenvalue weighted by molar-refractivity contribution is 5.48. The summed E-state index contributed by atoms with van der Waals surface area (Å²) < 4.78 is 0. The van der Waals surface area contributed by atoms with Crippen LogP contribution in [0.25, 0.3) is 0 Å². The lowest BCUT2D eigenvalue weighted by Crippen LogP contribution is -2.33. The van der Waals surface area contributed by atoms with Crippen LogP contribution in [0.1, 0.15) is 24.3 Å². The molecule has 1 fully saturated rings. The minimum absolute atomic E-state index is 0.612. The molecular weight excluding hydrogens is 240 g/mol. The molecule has 0 aromatic carbocycles. The lowest BCUT2D eigenvalue weighted by Gasteiger charge is -2.32. The van der Waals surface area contributed by atoms with Crippen LogP contribution < -0.4 is 10.2 Å². The number of nitrogens with zero attached hydrogens (tertiary/aromatic N) is 4. The summed E-state index contributed by atoms with van der Waals surface area (Å²) in [6.45, 7) is 2.05. The maximum atomic E-state index is 4.36. The van der Waals surface area contributed by atoms with Crippen molar-refractivity contribution in [1.29, 1.82) is 0 Å². The predicted octanol–water partition coefficient (Wildman–Crippen LogP) is 1.63. The van der Waals surface area contributed by atoms with Gasteiger partial charge in [0.2, 0.25) is 0 Å². The van der Waals surface area contributed by atoms with Crippen LogP contribution in [0.15, 0.2) is 24.8 Å². The molecule has 6 heteroatoms. The lowest BCUT2D eigenvalue weighted by molar-refractivity contribution is 0.502. The maximum absolute atomic E-state index is 4.36. The zero-order valence-electron chi connectivity index (χ0n) is 11.0. The Morgan fingerprint density at radius 1 is 1.32 bits per heavy atom. The Labute approximate surface area is 112 Å². The van der Waals surface area contributed by atoms with Gasteiger partial charge in [0.1, 0.15) is 18.0 Å². The molecule has 0 saturated carbocycles. The van der Waals surface area contributed by atoms with Gasteiger partial charge in [-0.3, -0.25) is 5.10 Å². The number of piperidine rings is 1. The van der Waals surface area contributed by atoms with Gasteiger partial charge < -0.3 is 10.2 Å². The summed E-state index contributed by atoms with van der Waals surface area (Å²) in [4.78, 5) is 10.8. The summed E-state index contributed by atoms with van der Waals surface area (Å²) in [5.74, 6) is 2.48. The molecule has 1 saturated heterocycles. The van der Waals surface area contributed by atoms with E-state index in [9.17, 15) is 0 Å². The summed E-state index contributed by atoms with van der Waals surface area (Å²) in [6.07, 6.45) is 7.83. The molecule has 6 nitrogen and oxygen atoms in total. The Bertz CT molecular complexity index is 516. The molecule has 19 heavy (non-hydrogen) atoms. The fourth-order valence-electron chi connectivity index (χ4n) is 2.58. The normalized spacial score (nSPS) is 16.6. The number of hydrogen-bond donors (Lipinski definition) is 2. The number of anilines is 2. The van der Waals surface area contributed by atoms with Crippen LogP contribution >= 0.6 is 0 Å². The van der Waals surface area contributed by atoms with E-state index in [1.807, 2.05) is 25.5 Å². The van der Waals surface area contributed by atoms with E-state index < -0.39 is 0 Å². The SMILES string of the molecule is CNc1cc(N2CCC(c3cn[nH]c3)CC2)ncn1. The summed E-state index contributed by atoms with van der Waals surface area (Å²) in [5, 5.41) is 9.97. The van der Waals surface area contributed by atoms with Crippen molar-refractivity contribution >= 4 is 11.6 Å². The van der Waals surface area contributed by atoms with Crippen LogP contribution in [-0.2, 0) is 0 Å². The number of H-pyrrole nitrogens is 1. The molecule has 100 valence electrons. The van der Waals surface area contributed by atoms with Crippen LogP contribution in [0.2, 0.25) is 0 Å². The lowest BCUT2D eigenvalue weighted by atomic mass is 9.91. The minimum Gasteiger partial charge on any atom is -0.373 e. The summed E-state index contributed by atoms with van der Waals surface area (Å²) in [7, 11) is 1.87. The maximum Gasteiger partial charge on any atom is 0.134 e. The third kappa shape index (κ3) is 2.52. The van der Waals surface area contributed by atoms with Crippen molar-refractivity contribution in [1.82, 2.24) is 20.2 Å². The summed E-state index contributed by atoms with van der Waals surface area (Å²) in [5.41, 5.74) is 1.32. The van der Waals surface area contributed by atoms with Crippen molar-refractivity contribution in [3.63, 3.8) is 0 Å². The molecule has 0 radical (unpaired) electrons. The van der Waals surface area contributed by atoms with Crippen molar-refractivity contribution in [3.8, 4) is 0 Å². The molecule has 0 bridgehead atoms. The molecule has 0 spiro atoms. The molecular formula is C13H18N6. The summed E-state index contributed by atoms with van der Waals surface area (Å²) in [6, 6.07) is 2.00. The van der Waals surface area contributed by atoms with Gasteiger partial charge in [0.15, 0.2) is 0 Å². The molecule has 2 N–H and O–H groups in total. The molecule has 0 atom stereocenters. The zero-order chi connectivity index (χ0) is 13.1. The van der Waals surface area contributed by atoms with Gasteiger partial charge in [-0.15, -0.1) is 0 Å². The second kappa shape index (κ2) is 5.26. The highest BCUT2D eigenvalue weighted by atomic mass is 15.2. The first-order valence-electron chi connectivity index (χ1n) is 6.60.